The molecule has 5 heteroatoms. The quantitative estimate of drug-likeness (QED) is 0.572. The van der Waals surface area contributed by atoms with Crippen LogP contribution in [-0.2, 0) is 18.7 Å². The summed E-state index contributed by atoms with van der Waals surface area (Å²) < 4.78 is 18.5. The van der Waals surface area contributed by atoms with Gasteiger partial charge in [0.25, 0.3) is 0 Å². The number of carbonyl (C=O) groups is 1. The van der Waals surface area contributed by atoms with Crippen LogP contribution >= 0.6 is 0 Å². The van der Waals surface area contributed by atoms with Crippen molar-refractivity contribution in [3.63, 3.8) is 0 Å². The van der Waals surface area contributed by atoms with Gasteiger partial charge in [-0.1, -0.05) is 32.9 Å². The summed E-state index contributed by atoms with van der Waals surface area (Å²) >= 11 is 0. The molecule has 1 aliphatic heterocycles. The third-order valence-electron chi connectivity index (χ3n) is 4.92. The summed E-state index contributed by atoms with van der Waals surface area (Å²) in [5.74, 6) is -0.653. The lowest BCUT2D eigenvalue weighted by Gasteiger charge is -2.41. The van der Waals surface area contributed by atoms with Crippen LogP contribution in [0.4, 0.5) is 0 Å². The molecule has 2 aliphatic rings. The molecule has 0 saturated carbocycles. The Kier molecular flexibility index (Phi) is 4.75. The summed E-state index contributed by atoms with van der Waals surface area (Å²) in [6.45, 7) is 14.8. The average Bonchev–Trinajstić information content (AvgIpc) is 2.66. The Morgan fingerprint density at radius 3 is 2.45 bits per heavy atom. The van der Waals surface area contributed by atoms with Crippen molar-refractivity contribution in [1.29, 1.82) is 0 Å². The van der Waals surface area contributed by atoms with Crippen molar-refractivity contribution in [2.75, 3.05) is 0 Å². The third kappa shape index (κ3) is 3.70. The number of Topliss-reactive ketones (excluding diaryl/α,β-unsaturated/α-hetero) is 1. The molecular weight excluding hydrogens is 296 g/mol. The van der Waals surface area contributed by atoms with Gasteiger partial charge in [-0.15, -0.1) is 0 Å². The molecule has 0 bridgehead atoms. The van der Waals surface area contributed by atoms with Crippen molar-refractivity contribution in [2.24, 2.45) is 0 Å². The molecule has 0 aromatic heterocycles. The molecule has 4 nitrogen and oxygen atoms in total. The minimum Gasteiger partial charge on any atom is -0.411 e. The lowest BCUT2D eigenvalue weighted by molar-refractivity contribution is -0.158. The zero-order valence-corrected chi connectivity index (χ0v) is 15.9. The Bertz CT molecular complexity index is 462. The highest BCUT2D eigenvalue weighted by Crippen LogP contribution is 2.41. The van der Waals surface area contributed by atoms with Gasteiger partial charge in [0.1, 0.15) is 12.2 Å². The number of fused-ring (bicyclic) bond motifs is 1. The molecule has 126 valence electrons. The van der Waals surface area contributed by atoms with E-state index in [4.69, 9.17) is 13.9 Å². The topological polar surface area (TPSA) is 44.8 Å². The summed E-state index contributed by atoms with van der Waals surface area (Å²) in [5, 5.41) is 0.119. The molecule has 0 spiro atoms. The fourth-order valence-corrected chi connectivity index (χ4v) is 4.00. The molecule has 1 heterocycles. The van der Waals surface area contributed by atoms with E-state index in [9.17, 15) is 4.79 Å². The second-order valence-corrected chi connectivity index (χ2v) is 13.1. The van der Waals surface area contributed by atoms with Crippen molar-refractivity contribution in [3.05, 3.63) is 12.2 Å². The molecule has 1 fully saturated rings. The number of ketones is 1. The van der Waals surface area contributed by atoms with E-state index in [0.29, 0.717) is 6.42 Å². The fraction of sp³-hybridized carbons (Fsp3) is 0.824. The van der Waals surface area contributed by atoms with Crippen LogP contribution in [0.1, 0.15) is 47.5 Å². The molecule has 1 saturated heterocycles. The largest absolute Gasteiger partial charge is 0.411 e. The van der Waals surface area contributed by atoms with Gasteiger partial charge in [-0.05, 0) is 38.4 Å². The molecule has 1 aliphatic carbocycles. The summed E-state index contributed by atoms with van der Waals surface area (Å²) in [4.78, 5) is 12.3. The molecule has 0 radical (unpaired) electrons. The van der Waals surface area contributed by atoms with Gasteiger partial charge in [-0.25, -0.2) is 0 Å². The van der Waals surface area contributed by atoms with Gasteiger partial charge in [0.2, 0.25) is 0 Å². The molecule has 22 heavy (non-hydrogen) atoms. The van der Waals surface area contributed by atoms with Crippen molar-refractivity contribution in [2.45, 2.75) is 89.7 Å². The van der Waals surface area contributed by atoms with E-state index in [1.807, 2.05) is 26.0 Å². The average molecular weight is 327 g/mol. The van der Waals surface area contributed by atoms with Crippen molar-refractivity contribution in [1.82, 2.24) is 0 Å². The van der Waals surface area contributed by atoms with E-state index in [1.165, 1.54) is 0 Å². The number of allylic oxidation sites excluding steroid dienone is 1. The minimum absolute atomic E-state index is 0.0790. The highest BCUT2D eigenvalue weighted by molar-refractivity contribution is 6.74. The Balaban J connectivity index is 2.26. The predicted octanol–water partition coefficient (Wildman–Crippen LogP) is 3.82. The van der Waals surface area contributed by atoms with Gasteiger partial charge in [-0.3, -0.25) is 4.79 Å². The van der Waals surface area contributed by atoms with Gasteiger partial charge >= 0.3 is 0 Å². The highest BCUT2D eigenvalue weighted by atomic mass is 28.4. The predicted molar refractivity (Wildman–Crippen MR) is 89.3 cm³/mol. The molecule has 3 atom stereocenters. The number of carbonyl (C=O) groups excluding carboxylic acids is 1. The van der Waals surface area contributed by atoms with Gasteiger partial charge in [0.05, 0.1) is 6.10 Å². The molecule has 2 rings (SSSR count). The molecule has 0 aromatic rings. The summed E-state index contributed by atoms with van der Waals surface area (Å²) in [6, 6.07) is 0. The zero-order chi connectivity index (χ0) is 16.8. The standard InChI is InChI=1S/C17H30O4Si/c1-16(2,3)22(6,7)21-13-11-9-8-10-12(18)14-15(13)20-17(4,5)19-14/h8-9,13-15H,10-11H2,1-7H3/b9-8-/t13-,14+,15-/m0/s1. The Morgan fingerprint density at radius 1 is 1.23 bits per heavy atom. The van der Waals surface area contributed by atoms with Crippen LogP contribution in [0, 0.1) is 0 Å². The highest BCUT2D eigenvalue weighted by Gasteiger charge is 2.50. The number of hydrogen-bond donors (Lipinski definition) is 0. The zero-order valence-electron chi connectivity index (χ0n) is 14.9. The summed E-state index contributed by atoms with van der Waals surface area (Å²) in [6.07, 6.45) is 4.17. The second-order valence-electron chi connectivity index (χ2n) is 8.31. The van der Waals surface area contributed by atoms with Gasteiger partial charge in [0.15, 0.2) is 19.9 Å². The number of hydrogen-bond acceptors (Lipinski definition) is 4. The van der Waals surface area contributed by atoms with Crippen molar-refractivity contribution in [3.8, 4) is 0 Å². The SMILES string of the molecule is CC1(C)O[C@H]2[C@@H](O[Si](C)(C)C(C)(C)C)C/C=C\CC(=O)[C@H]2O1. The first kappa shape index (κ1) is 17.9. The molecule has 0 unspecified atom stereocenters. The lowest BCUT2D eigenvalue weighted by Crippen LogP contribution is -2.50. The summed E-state index contributed by atoms with van der Waals surface area (Å²) in [5.41, 5.74) is 0. The van der Waals surface area contributed by atoms with Gasteiger partial charge in [-0.2, -0.15) is 0 Å². The van der Waals surface area contributed by atoms with Crippen LogP contribution < -0.4 is 0 Å². The van der Waals surface area contributed by atoms with E-state index in [1.54, 1.807) is 0 Å². The molecule has 0 aromatic carbocycles. The minimum atomic E-state index is -1.94. The monoisotopic (exact) mass is 326 g/mol. The molecule has 0 N–H and O–H groups in total. The Hall–Kier alpha value is -0.493. The first-order valence-corrected chi connectivity index (χ1v) is 11.0. The maximum absolute atomic E-state index is 12.3. The van der Waals surface area contributed by atoms with Crippen LogP contribution in [0.2, 0.25) is 18.1 Å². The van der Waals surface area contributed by atoms with Crippen LogP contribution in [0.15, 0.2) is 12.2 Å². The Labute approximate surface area is 135 Å². The van der Waals surface area contributed by atoms with E-state index in [-0.39, 0.29) is 23.0 Å². The fourth-order valence-electron chi connectivity index (χ4n) is 2.66. The smallest absolute Gasteiger partial charge is 0.192 e. The first-order valence-electron chi connectivity index (χ1n) is 8.14. The summed E-state index contributed by atoms with van der Waals surface area (Å²) in [7, 11) is -1.94. The van der Waals surface area contributed by atoms with Crippen LogP contribution in [0.25, 0.3) is 0 Å². The molecular formula is C17H30O4Si. The van der Waals surface area contributed by atoms with Crippen LogP contribution in [0.5, 0.6) is 0 Å². The second kappa shape index (κ2) is 5.85. The number of ether oxygens (including phenoxy) is 2. The van der Waals surface area contributed by atoms with Gasteiger partial charge in [0, 0.05) is 6.42 Å². The maximum atomic E-state index is 12.3. The van der Waals surface area contributed by atoms with Crippen LogP contribution in [-0.4, -0.2) is 38.2 Å². The van der Waals surface area contributed by atoms with Crippen molar-refractivity contribution >= 4 is 14.1 Å². The van der Waals surface area contributed by atoms with E-state index >= 15 is 0 Å². The van der Waals surface area contributed by atoms with Crippen LogP contribution in [0.3, 0.4) is 0 Å². The normalized spacial score (nSPS) is 34.0. The first-order chi connectivity index (χ1) is 9.93. The van der Waals surface area contributed by atoms with Gasteiger partial charge < -0.3 is 13.9 Å². The van der Waals surface area contributed by atoms with E-state index in [0.717, 1.165) is 6.42 Å². The van der Waals surface area contributed by atoms with E-state index < -0.39 is 20.2 Å². The lowest BCUT2D eigenvalue weighted by atomic mass is 9.97. The third-order valence-corrected chi connectivity index (χ3v) is 9.42. The molecule has 0 amide bonds. The number of rotatable bonds is 2. The van der Waals surface area contributed by atoms with Crippen molar-refractivity contribution < 1.29 is 18.7 Å². The Morgan fingerprint density at radius 2 is 1.86 bits per heavy atom. The van der Waals surface area contributed by atoms with E-state index in [2.05, 4.69) is 33.9 Å². The maximum Gasteiger partial charge on any atom is 0.192 e.